The van der Waals surface area contributed by atoms with Crippen molar-refractivity contribution in [3.05, 3.63) is 42.4 Å². The Hall–Kier alpha value is -3.24. The van der Waals surface area contributed by atoms with Gasteiger partial charge in [0.1, 0.15) is 0 Å². The molecule has 0 amide bonds. The summed E-state index contributed by atoms with van der Waals surface area (Å²) >= 11 is 0. The fraction of sp³-hybridized carbons (Fsp3) is 0.500. The lowest BCUT2D eigenvalue weighted by atomic mass is 9.80. The van der Waals surface area contributed by atoms with Crippen molar-refractivity contribution in [3.63, 3.8) is 0 Å². The van der Waals surface area contributed by atoms with Gasteiger partial charge in [0.05, 0.1) is 58.7 Å². The summed E-state index contributed by atoms with van der Waals surface area (Å²) in [4.78, 5) is 16.5. The molecule has 1 N–H and O–H groups in total. The number of nitrogens with one attached hydrogen (secondary N) is 1. The number of anilines is 1. The molecule has 3 aliphatic heterocycles. The van der Waals surface area contributed by atoms with Crippen molar-refractivity contribution in [2.45, 2.75) is 63.5 Å². The van der Waals surface area contributed by atoms with E-state index < -0.39 is 11.8 Å². The van der Waals surface area contributed by atoms with Crippen molar-refractivity contribution in [2.24, 2.45) is 4.99 Å². The van der Waals surface area contributed by atoms with Gasteiger partial charge in [-0.25, -0.2) is 23.3 Å². The van der Waals surface area contributed by atoms with Crippen LogP contribution in [0, 0.1) is 0 Å². The van der Waals surface area contributed by atoms with Gasteiger partial charge in [0.2, 0.25) is 12.4 Å². The Labute approximate surface area is 222 Å². The summed E-state index contributed by atoms with van der Waals surface area (Å²) in [6.45, 7) is 13.5. The van der Waals surface area contributed by atoms with Gasteiger partial charge in [0, 0.05) is 38.3 Å². The average Bonchev–Trinajstić information content (AvgIpc) is 3.36. The van der Waals surface area contributed by atoms with E-state index in [-0.39, 0.29) is 13.4 Å². The van der Waals surface area contributed by atoms with E-state index in [4.69, 9.17) is 14.8 Å². The number of halogens is 2. The third-order valence-electron chi connectivity index (χ3n) is 8.49. The molecule has 0 bridgehead atoms. The topological polar surface area (TPSA) is 79.9 Å². The van der Waals surface area contributed by atoms with E-state index in [1.807, 2.05) is 22.7 Å². The van der Waals surface area contributed by atoms with Crippen LogP contribution in [0.2, 0.25) is 0 Å². The summed E-state index contributed by atoms with van der Waals surface area (Å²) in [5.41, 5.74) is 4.24. The van der Waals surface area contributed by atoms with Gasteiger partial charge < -0.3 is 10.1 Å². The largest absolute Gasteiger partial charge is 0.377 e. The molecule has 3 aromatic heterocycles. The summed E-state index contributed by atoms with van der Waals surface area (Å²) in [6.07, 6.45) is 2.79. The maximum absolute atomic E-state index is 13.4. The van der Waals surface area contributed by atoms with E-state index in [0.29, 0.717) is 34.8 Å². The minimum absolute atomic E-state index is 0. The first-order valence-electron chi connectivity index (χ1n) is 13.2. The Morgan fingerprint density at radius 2 is 2.03 bits per heavy atom. The fourth-order valence-corrected chi connectivity index (χ4v) is 5.88. The van der Waals surface area contributed by atoms with Gasteiger partial charge in [-0.3, -0.25) is 9.89 Å². The maximum atomic E-state index is 13.4. The summed E-state index contributed by atoms with van der Waals surface area (Å²) < 4.78 is 34.1. The molecule has 2 saturated heterocycles. The molecule has 1 unspecified atom stereocenters. The second-order valence-corrected chi connectivity index (χ2v) is 11.2. The lowest BCUT2D eigenvalue weighted by molar-refractivity contribution is -0.135. The van der Waals surface area contributed by atoms with Gasteiger partial charge in [-0.2, -0.15) is 0 Å². The highest BCUT2D eigenvalue weighted by Gasteiger charge is 2.42. The summed E-state index contributed by atoms with van der Waals surface area (Å²) in [5, 5.41) is 8.29. The van der Waals surface area contributed by atoms with Gasteiger partial charge in [-0.05, 0) is 57.9 Å². The Morgan fingerprint density at radius 1 is 1.26 bits per heavy atom. The molecule has 10 heteroatoms. The zero-order valence-electron chi connectivity index (χ0n) is 22.0. The molecule has 202 valence electrons. The van der Waals surface area contributed by atoms with Gasteiger partial charge in [0.25, 0.3) is 0 Å². The molecule has 3 aromatic rings. The third kappa shape index (κ3) is 4.10. The van der Waals surface area contributed by atoms with Crippen LogP contribution in [0.1, 0.15) is 52.8 Å². The number of aliphatic imine (C=N–C) groups is 1. The van der Waals surface area contributed by atoms with E-state index in [1.165, 1.54) is 0 Å². The van der Waals surface area contributed by atoms with E-state index in [9.17, 15) is 8.78 Å². The van der Waals surface area contributed by atoms with E-state index in [1.54, 1.807) is 26.1 Å². The number of alkyl halides is 2. The summed E-state index contributed by atoms with van der Waals surface area (Å²) in [7, 11) is 0. The van der Waals surface area contributed by atoms with Crippen LogP contribution in [-0.4, -0.2) is 74.5 Å². The lowest BCUT2D eigenvalue weighted by Gasteiger charge is -2.49. The number of hydrogen-bond acceptors (Lipinski definition) is 7. The molecular formula is C28H35F2N7O. The fourth-order valence-electron chi connectivity index (χ4n) is 5.88. The number of nitrogens with zero attached hydrogens (tertiary/aromatic N) is 6. The smallest absolute Gasteiger partial charge is 0.241 e. The van der Waals surface area contributed by atoms with Crippen molar-refractivity contribution >= 4 is 28.9 Å². The van der Waals surface area contributed by atoms with Crippen LogP contribution < -0.4 is 5.32 Å². The van der Waals surface area contributed by atoms with Gasteiger partial charge in [-0.1, -0.05) is 6.58 Å². The molecule has 2 fully saturated rings. The number of piperidine rings is 1. The zero-order chi connectivity index (χ0) is 26.7. The molecule has 8 nitrogen and oxygen atoms in total. The van der Waals surface area contributed by atoms with E-state index >= 15 is 0 Å². The van der Waals surface area contributed by atoms with Crippen LogP contribution in [0.25, 0.3) is 22.9 Å². The van der Waals surface area contributed by atoms with Crippen LogP contribution >= 0.6 is 0 Å². The average molecular weight is 524 g/mol. The van der Waals surface area contributed by atoms with Crippen molar-refractivity contribution in [3.8, 4) is 11.3 Å². The minimum atomic E-state index is -2.45. The van der Waals surface area contributed by atoms with Crippen molar-refractivity contribution in [1.29, 1.82) is 0 Å². The number of rotatable bonds is 7. The predicted molar refractivity (Wildman–Crippen MR) is 147 cm³/mol. The molecule has 0 aliphatic carbocycles. The number of ether oxygens (including phenoxy) is 1. The second-order valence-electron chi connectivity index (χ2n) is 11.2. The Morgan fingerprint density at radius 3 is 2.68 bits per heavy atom. The van der Waals surface area contributed by atoms with Crippen LogP contribution in [0.5, 0.6) is 0 Å². The molecule has 1 atom stereocenters. The zero-order valence-corrected chi connectivity index (χ0v) is 22.0. The highest BCUT2D eigenvalue weighted by molar-refractivity contribution is 5.99. The van der Waals surface area contributed by atoms with Crippen molar-refractivity contribution in [2.75, 3.05) is 31.6 Å². The predicted octanol–water partition coefficient (Wildman–Crippen LogP) is 5.36. The molecule has 38 heavy (non-hydrogen) atoms. The summed E-state index contributed by atoms with van der Waals surface area (Å²) in [5.74, 6) is 0.565. The minimum Gasteiger partial charge on any atom is -0.377 e. The van der Waals surface area contributed by atoms with E-state index in [2.05, 4.69) is 33.7 Å². The highest BCUT2D eigenvalue weighted by Crippen LogP contribution is 2.44. The Kier molecular flexibility index (Phi) is 6.07. The quantitative estimate of drug-likeness (QED) is 0.449. The van der Waals surface area contributed by atoms with Gasteiger partial charge >= 0.3 is 0 Å². The lowest BCUT2D eigenvalue weighted by Crippen LogP contribution is -2.62. The highest BCUT2D eigenvalue weighted by atomic mass is 19.3. The normalized spacial score (nSPS) is 23.4. The standard InChI is InChI=1S/C28H33F2N7O.H2/c1-5-19-12-20(21-6-7-22-25(34-21)28(4,13-24(29)30)17(2)32-22)23-14-31-26(35-37(19)23)33-18-8-10-36(11-9-18)27(3)15-38-16-27;/h5-7,12,14,18,24H,1,8-11,13,15-16H2,2-4H3,(H,33,35);1H. The Balaban J connectivity index is 0.00000308. The number of fused-ring (bicyclic) bond motifs is 2. The third-order valence-corrected chi connectivity index (χ3v) is 8.49. The maximum Gasteiger partial charge on any atom is 0.241 e. The number of likely N-dealkylation sites (tertiary alicyclic amines) is 1. The van der Waals surface area contributed by atoms with Gasteiger partial charge in [0.15, 0.2) is 0 Å². The van der Waals surface area contributed by atoms with Gasteiger partial charge in [-0.15, -0.1) is 5.10 Å². The first kappa shape index (κ1) is 25.1. The molecular weight excluding hydrogens is 488 g/mol. The number of pyridine rings is 1. The molecule has 0 radical (unpaired) electrons. The van der Waals surface area contributed by atoms with Crippen LogP contribution in [-0.2, 0) is 10.2 Å². The SMILES string of the molecule is C=Cc1cc(-c2ccc3c(n2)C(C)(CC(F)F)C(C)=N3)c2cnc(NC3CCN(C4(C)COC4)CC3)nn12.[HH]. The number of hydrogen-bond donors (Lipinski definition) is 1. The molecule has 0 saturated carbocycles. The first-order chi connectivity index (χ1) is 18.2. The number of aromatic nitrogens is 4. The first-order valence-corrected chi connectivity index (χ1v) is 13.2. The van der Waals surface area contributed by atoms with Crippen LogP contribution in [0.15, 0.2) is 36.0 Å². The Bertz CT molecular complexity index is 1430. The molecule has 6 rings (SSSR count). The molecule has 0 spiro atoms. The van der Waals surface area contributed by atoms with Crippen LogP contribution in [0.4, 0.5) is 20.4 Å². The van der Waals surface area contributed by atoms with Crippen LogP contribution in [0.3, 0.4) is 0 Å². The molecule has 3 aliphatic rings. The van der Waals surface area contributed by atoms with E-state index in [0.717, 1.165) is 55.9 Å². The molecule has 6 heterocycles. The van der Waals surface area contributed by atoms with Crippen molar-refractivity contribution < 1.29 is 14.9 Å². The monoisotopic (exact) mass is 523 g/mol. The van der Waals surface area contributed by atoms with Crippen molar-refractivity contribution in [1.82, 2.24) is 24.5 Å². The molecule has 0 aromatic carbocycles. The summed E-state index contributed by atoms with van der Waals surface area (Å²) in [6, 6.07) is 5.99. The second kappa shape index (κ2) is 9.20.